The molecule has 1 heterocycles. The SMILES string of the molecule is COc1ccccc1COCC(O)CN1CC2CCCC2C1. The highest BCUT2D eigenvalue weighted by molar-refractivity contribution is 5.32. The van der Waals surface area contributed by atoms with E-state index in [1.165, 1.54) is 19.3 Å². The molecule has 4 heteroatoms. The lowest BCUT2D eigenvalue weighted by molar-refractivity contribution is 0.0118. The lowest BCUT2D eigenvalue weighted by Gasteiger charge is -2.21. The van der Waals surface area contributed by atoms with E-state index >= 15 is 0 Å². The maximum absolute atomic E-state index is 10.2. The van der Waals surface area contributed by atoms with Crippen LogP contribution in [0.2, 0.25) is 0 Å². The molecule has 0 amide bonds. The van der Waals surface area contributed by atoms with Gasteiger partial charge in [0.1, 0.15) is 5.75 Å². The van der Waals surface area contributed by atoms with Gasteiger partial charge >= 0.3 is 0 Å². The summed E-state index contributed by atoms with van der Waals surface area (Å²) in [6.07, 6.45) is 3.74. The lowest BCUT2D eigenvalue weighted by Crippen LogP contribution is -2.34. The third-order valence-corrected chi connectivity index (χ3v) is 5.03. The van der Waals surface area contributed by atoms with Crippen LogP contribution < -0.4 is 4.74 Å². The predicted molar refractivity (Wildman–Crippen MR) is 85.9 cm³/mol. The number of aliphatic hydroxyl groups is 1. The highest BCUT2D eigenvalue weighted by Gasteiger charge is 2.36. The molecule has 122 valence electrons. The Hall–Kier alpha value is -1.10. The van der Waals surface area contributed by atoms with Crippen LogP contribution >= 0.6 is 0 Å². The third kappa shape index (κ3) is 3.80. The van der Waals surface area contributed by atoms with Gasteiger partial charge in [-0.3, -0.25) is 0 Å². The Bertz CT molecular complexity index is 467. The van der Waals surface area contributed by atoms with Crippen molar-refractivity contribution in [3.8, 4) is 5.75 Å². The minimum atomic E-state index is -0.409. The molecule has 1 aliphatic carbocycles. The molecule has 1 saturated carbocycles. The first-order chi connectivity index (χ1) is 10.8. The number of fused-ring (bicyclic) bond motifs is 1. The second-order valence-corrected chi connectivity index (χ2v) is 6.65. The summed E-state index contributed by atoms with van der Waals surface area (Å²) in [6.45, 7) is 3.91. The normalized spacial score (nSPS) is 26.1. The second kappa shape index (κ2) is 7.44. The van der Waals surface area contributed by atoms with E-state index in [1.54, 1.807) is 7.11 Å². The number of aliphatic hydroxyl groups excluding tert-OH is 1. The van der Waals surface area contributed by atoms with Gasteiger partial charge < -0.3 is 19.5 Å². The third-order valence-electron chi connectivity index (χ3n) is 5.03. The second-order valence-electron chi connectivity index (χ2n) is 6.65. The van der Waals surface area contributed by atoms with E-state index in [4.69, 9.17) is 9.47 Å². The molecule has 1 saturated heterocycles. The van der Waals surface area contributed by atoms with Crippen molar-refractivity contribution in [2.45, 2.75) is 32.0 Å². The number of nitrogens with zero attached hydrogens (tertiary/aromatic N) is 1. The Morgan fingerprint density at radius 3 is 2.68 bits per heavy atom. The van der Waals surface area contributed by atoms with E-state index in [1.807, 2.05) is 24.3 Å². The molecule has 2 aliphatic rings. The van der Waals surface area contributed by atoms with Crippen molar-refractivity contribution in [3.05, 3.63) is 29.8 Å². The molecule has 22 heavy (non-hydrogen) atoms. The Balaban J connectivity index is 1.38. The van der Waals surface area contributed by atoms with Crippen LogP contribution in [0.1, 0.15) is 24.8 Å². The van der Waals surface area contributed by atoms with Crippen LogP contribution in [0.25, 0.3) is 0 Å². The molecule has 0 spiro atoms. The van der Waals surface area contributed by atoms with Gasteiger partial charge in [0, 0.05) is 25.2 Å². The average Bonchev–Trinajstić information content (AvgIpc) is 3.09. The Labute approximate surface area is 133 Å². The van der Waals surface area contributed by atoms with Crippen molar-refractivity contribution in [2.75, 3.05) is 33.4 Å². The van der Waals surface area contributed by atoms with Crippen LogP contribution in [0, 0.1) is 11.8 Å². The number of ether oxygens (including phenoxy) is 2. The number of β-amino-alcohol motifs (C(OH)–C–C–N with tert-alkyl or cyclic N) is 1. The fourth-order valence-electron chi connectivity index (χ4n) is 3.96. The van der Waals surface area contributed by atoms with E-state index < -0.39 is 6.10 Å². The molecule has 1 aromatic rings. The van der Waals surface area contributed by atoms with Crippen LogP contribution in [0.15, 0.2) is 24.3 Å². The summed E-state index contributed by atoms with van der Waals surface area (Å²) in [6, 6.07) is 7.84. The van der Waals surface area contributed by atoms with Gasteiger partial charge in [-0.1, -0.05) is 24.6 Å². The molecular formula is C18H27NO3. The number of benzene rings is 1. The van der Waals surface area contributed by atoms with Gasteiger partial charge in [0.15, 0.2) is 0 Å². The highest BCUT2D eigenvalue weighted by atomic mass is 16.5. The Kier molecular flexibility index (Phi) is 5.34. The number of likely N-dealkylation sites (tertiary alicyclic amines) is 1. The van der Waals surface area contributed by atoms with E-state index in [9.17, 15) is 5.11 Å². The molecule has 3 unspecified atom stereocenters. The molecule has 0 bridgehead atoms. The van der Waals surface area contributed by atoms with Crippen LogP contribution in [0.5, 0.6) is 5.75 Å². The molecule has 0 radical (unpaired) electrons. The molecule has 4 nitrogen and oxygen atoms in total. The van der Waals surface area contributed by atoms with E-state index in [2.05, 4.69) is 4.90 Å². The number of para-hydroxylation sites is 1. The van der Waals surface area contributed by atoms with Gasteiger partial charge in [-0.05, 0) is 30.7 Å². The molecule has 1 N–H and O–H groups in total. The summed E-state index contributed by atoms with van der Waals surface area (Å²) in [5.41, 5.74) is 1.02. The van der Waals surface area contributed by atoms with Gasteiger partial charge in [-0.15, -0.1) is 0 Å². The van der Waals surface area contributed by atoms with Crippen LogP contribution in [0.3, 0.4) is 0 Å². The summed E-state index contributed by atoms with van der Waals surface area (Å²) >= 11 is 0. The molecular weight excluding hydrogens is 278 g/mol. The summed E-state index contributed by atoms with van der Waals surface area (Å²) < 4.78 is 11.0. The zero-order chi connectivity index (χ0) is 15.4. The Morgan fingerprint density at radius 1 is 1.23 bits per heavy atom. The molecule has 3 atom stereocenters. The predicted octanol–water partition coefficient (Wildman–Crippen LogP) is 2.30. The van der Waals surface area contributed by atoms with Gasteiger partial charge in [-0.2, -0.15) is 0 Å². The maximum atomic E-state index is 10.2. The van der Waals surface area contributed by atoms with Crippen LogP contribution in [-0.4, -0.2) is 49.5 Å². The van der Waals surface area contributed by atoms with E-state index in [0.29, 0.717) is 13.2 Å². The monoisotopic (exact) mass is 305 g/mol. The fourth-order valence-corrected chi connectivity index (χ4v) is 3.96. The lowest BCUT2D eigenvalue weighted by atomic mass is 10.0. The summed E-state index contributed by atoms with van der Waals surface area (Å²) in [4.78, 5) is 2.41. The van der Waals surface area contributed by atoms with Gasteiger partial charge in [0.25, 0.3) is 0 Å². The topological polar surface area (TPSA) is 41.9 Å². The molecule has 3 rings (SSSR count). The average molecular weight is 305 g/mol. The van der Waals surface area contributed by atoms with Crippen LogP contribution in [0.4, 0.5) is 0 Å². The molecule has 0 aromatic heterocycles. The number of hydrogen-bond donors (Lipinski definition) is 1. The van der Waals surface area contributed by atoms with Crippen molar-refractivity contribution >= 4 is 0 Å². The summed E-state index contributed by atoms with van der Waals surface area (Å²) in [5.74, 6) is 2.59. The van der Waals surface area contributed by atoms with Gasteiger partial charge in [-0.25, -0.2) is 0 Å². The van der Waals surface area contributed by atoms with E-state index in [-0.39, 0.29) is 0 Å². The molecule has 1 aromatic carbocycles. The first kappa shape index (κ1) is 15.8. The summed E-state index contributed by atoms with van der Waals surface area (Å²) in [7, 11) is 1.66. The van der Waals surface area contributed by atoms with Gasteiger partial charge in [0.2, 0.25) is 0 Å². The summed E-state index contributed by atoms with van der Waals surface area (Å²) in [5, 5.41) is 10.2. The number of rotatable bonds is 7. The van der Waals surface area contributed by atoms with Crippen molar-refractivity contribution in [1.29, 1.82) is 0 Å². The molecule has 2 fully saturated rings. The van der Waals surface area contributed by atoms with Crippen molar-refractivity contribution < 1.29 is 14.6 Å². The van der Waals surface area contributed by atoms with Crippen molar-refractivity contribution in [3.63, 3.8) is 0 Å². The first-order valence-corrected chi connectivity index (χ1v) is 8.36. The quantitative estimate of drug-likeness (QED) is 0.839. The van der Waals surface area contributed by atoms with Crippen molar-refractivity contribution in [2.24, 2.45) is 11.8 Å². The fraction of sp³-hybridized carbons (Fsp3) is 0.667. The molecule has 1 aliphatic heterocycles. The highest BCUT2D eigenvalue weighted by Crippen LogP contribution is 2.37. The van der Waals surface area contributed by atoms with E-state index in [0.717, 1.165) is 42.8 Å². The number of hydrogen-bond acceptors (Lipinski definition) is 4. The first-order valence-electron chi connectivity index (χ1n) is 8.36. The minimum absolute atomic E-state index is 0.379. The van der Waals surface area contributed by atoms with Crippen molar-refractivity contribution in [1.82, 2.24) is 4.90 Å². The zero-order valence-electron chi connectivity index (χ0n) is 13.4. The van der Waals surface area contributed by atoms with Gasteiger partial charge in [0.05, 0.1) is 26.4 Å². The number of methoxy groups -OCH3 is 1. The largest absolute Gasteiger partial charge is 0.496 e. The smallest absolute Gasteiger partial charge is 0.124 e. The minimum Gasteiger partial charge on any atom is -0.496 e. The van der Waals surface area contributed by atoms with Crippen LogP contribution in [-0.2, 0) is 11.3 Å². The zero-order valence-corrected chi connectivity index (χ0v) is 13.4. The standard InChI is InChI=1S/C18H27NO3/c1-21-18-8-3-2-5-16(18)12-22-13-17(20)11-19-9-14-6-4-7-15(14)10-19/h2-3,5,8,14-15,17,20H,4,6-7,9-13H2,1H3. The Morgan fingerprint density at radius 2 is 1.95 bits per heavy atom. The maximum Gasteiger partial charge on any atom is 0.124 e.